The number of carboxylic acids is 1. The highest BCUT2D eigenvalue weighted by atomic mass is 16.4. The first-order valence-electron chi connectivity index (χ1n) is 4.36. The number of carbonyl (C=O) groups excluding carboxylic acids is 1. The van der Waals surface area contributed by atoms with Gasteiger partial charge in [-0.1, -0.05) is 0 Å². The summed E-state index contributed by atoms with van der Waals surface area (Å²) in [6.45, 7) is 0.649. The Morgan fingerprint density at radius 1 is 1.40 bits per heavy atom. The summed E-state index contributed by atoms with van der Waals surface area (Å²) >= 11 is 0. The third kappa shape index (κ3) is 1.39. The Morgan fingerprint density at radius 3 is 2.80 bits per heavy atom. The van der Waals surface area contributed by atoms with Crippen molar-refractivity contribution >= 4 is 11.9 Å². The molecular formula is C9H8N2O4. The van der Waals surface area contributed by atoms with Crippen LogP contribution in [0.4, 0.5) is 0 Å². The van der Waals surface area contributed by atoms with Gasteiger partial charge in [0.25, 0.3) is 11.5 Å². The molecule has 6 heteroatoms. The van der Waals surface area contributed by atoms with Crippen molar-refractivity contribution in [2.75, 3.05) is 6.54 Å². The maximum absolute atomic E-state index is 11.6. The number of nitrogens with zero attached hydrogens (tertiary/aromatic N) is 1. The Hall–Kier alpha value is -2.11. The van der Waals surface area contributed by atoms with Gasteiger partial charge in [-0.2, -0.15) is 0 Å². The van der Waals surface area contributed by atoms with Gasteiger partial charge in [-0.3, -0.25) is 9.59 Å². The van der Waals surface area contributed by atoms with E-state index in [1.54, 1.807) is 0 Å². The molecule has 78 valence electrons. The molecule has 2 rings (SSSR count). The number of carbonyl (C=O) groups is 2. The van der Waals surface area contributed by atoms with Crippen LogP contribution in [0.5, 0.6) is 0 Å². The van der Waals surface area contributed by atoms with Crippen LogP contribution >= 0.6 is 0 Å². The van der Waals surface area contributed by atoms with Gasteiger partial charge in [0.2, 0.25) is 0 Å². The molecule has 1 aliphatic rings. The Morgan fingerprint density at radius 2 is 2.13 bits per heavy atom. The molecule has 0 saturated carbocycles. The van der Waals surface area contributed by atoms with Crippen molar-refractivity contribution in [3.8, 4) is 0 Å². The molecule has 0 aromatic carbocycles. The number of aromatic nitrogens is 1. The maximum Gasteiger partial charge on any atom is 0.341 e. The summed E-state index contributed by atoms with van der Waals surface area (Å²) in [6, 6.07) is 2.50. The molecule has 0 bridgehead atoms. The molecule has 6 nitrogen and oxygen atoms in total. The summed E-state index contributed by atoms with van der Waals surface area (Å²) in [5.74, 6) is -1.63. The second-order valence-corrected chi connectivity index (χ2v) is 3.15. The van der Waals surface area contributed by atoms with Gasteiger partial charge in [0.1, 0.15) is 11.3 Å². The summed E-state index contributed by atoms with van der Waals surface area (Å²) in [4.78, 5) is 33.6. The zero-order chi connectivity index (χ0) is 11.0. The number of aromatic carboxylic acids is 1. The van der Waals surface area contributed by atoms with Crippen LogP contribution in [-0.2, 0) is 6.54 Å². The molecule has 0 radical (unpaired) electrons. The topological polar surface area (TPSA) is 88.4 Å². The average molecular weight is 208 g/mol. The summed E-state index contributed by atoms with van der Waals surface area (Å²) in [5.41, 5.74) is -0.737. The number of rotatable bonds is 1. The van der Waals surface area contributed by atoms with Gasteiger partial charge >= 0.3 is 5.97 Å². The number of pyridine rings is 1. The second-order valence-electron chi connectivity index (χ2n) is 3.15. The number of nitrogens with one attached hydrogen (secondary N) is 1. The standard InChI is InChI=1S/C9H8N2O4/c12-7-6-2-1-5(9(14)15)8(13)11(6)4-3-10-7/h1-2H,3-4H2,(H,10,12)(H,14,15). The zero-order valence-corrected chi connectivity index (χ0v) is 7.69. The lowest BCUT2D eigenvalue weighted by molar-refractivity contribution is 0.0692. The summed E-state index contributed by atoms with van der Waals surface area (Å²) in [7, 11) is 0. The van der Waals surface area contributed by atoms with E-state index < -0.39 is 11.5 Å². The van der Waals surface area contributed by atoms with E-state index in [0.717, 1.165) is 6.07 Å². The highest BCUT2D eigenvalue weighted by Crippen LogP contribution is 2.03. The van der Waals surface area contributed by atoms with Crippen molar-refractivity contribution in [3.05, 3.63) is 33.7 Å². The van der Waals surface area contributed by atoms with Crippen LogP contribution in [0.1, 0.15) is 20.8 Å². The minimum Gasteiger partial charge on any atom is -0.477 e. The lowest BCUT2D eigenvalue weighted by Crippen LogP contribution is -2.42. The fourth-order valence-electron chi connectivity index (χ4n) is 1.53. The van der Waals surface area contributed by atoms with E-state index in [1.807, 2.05) is 0 Å². The van der Waals surface area contributed by atoms with Crippen LogP contribution in [-0.4, -0.2) is 28.1 Å². The maximum atomic E-state index is 11.6. The predicted molar refractivity (Wildman–Crippen MR) is 50.0 cm³/mol. The largest absolute Gasteiger partial charge is 0.477 e. The van der Waals surface area contributed by atoms with Crippen molar-refractivity contribution in [1.29, 1.82) is 0 Å². The van der Waals surface area contributed by atoms with Gasteiger partial charge in [0.05, 0.1) is 0 Å². The van der Waals surface area contributed by atoms with E-state index in [2.05, 4.69) is 5.32 Å². The molecule has 15 heavy (non-hydrogen) atoms. The fourth-order valence-corrected chi connectivity index (χ4v) is 1.53. The Kier molecular flexibility index (Phi) is 2.03. The zero-order valence-electron chi connectivity index (χ0n) is 7.69. The molecule has 1 amide bonds. The number of fused-ring (bicyclic) bond motifs is 1. The first kappa shape index (κ1) is 9.45. The summed E-state index contributed by atoms with van der Waals surface area (Å²) in [6.07, 6.45) is 0. The molecule has 0 unspecified atom stereocenters. The minimum atomic E-state index is -1.28. The highest BCUT2D eigenvalue weighted by molar-refractivity contribution is 5.94. The quantitative estimate of drug-likeness (QED) is 0.638. The predicted octanol–water partition coefficient (Wildman–Crippen LogP) is -0.710. The van der Waals surface area contributed by atoms with Gasteiger partial charge in [-0.15, -0.1) is 0 Å². The summed E-state index contributed by atoms with van der Waals surface area (Å²) < 4.78 is 1.18. The molecular weight excluding hydrogens is 200 g/mol. The van der Waals surface area contributed by atoms with Gasteiger partial charge in [-0.05, 0) is 12.1 Å². The van der Waals surface area contributed by atoms with Crippen LogP contribution in [0.3, 0.4) is 0 Å². The Balaban J connectivity index is 2.67. The van der Waals surface area contributed by atoms with Gasteiger partial charge < -0.3 is 15.0 Å². The van der Waals surface area contributed by atoms with E-state index in [0.29, 0.717) is 13.1 Å². The SMILES string of the molecule is O=C(O)c1ccc2n(c1=O)CCNC2=O. The number of amides is 1. The van der Waals surface area contributed by atoms with E-state index in [4.69, 9.17) is 5.11 Å². The Bertz CT molecular complexity index is 503. The molecule has 2 heterocycles. The van der Waals surface area contributed by atoms with E-state index in [9.17, 15) is 14.4 Å². The third-order valence-corrected chi connectivity index (χ3v) is 2.26. The van der Waals surface area contributed by atoms with Crippen molar-refractivity contribution in [2.45, 2.75) is 6.54 Å². The number of carboxylic acid groups (broad SMARTS) is 1. The van der Waals surface area contributed by atoms with Crippen molar-refractivity contribution in [2.24, 2.45) is 0 Å². The molecule has 0 atom stereocenters. The smallest absolute Gasteiger partial charge is 0.341 e. The molecule has 0 spiro atoms. The lowest BCUT2D eigenvalue weighted by Gasteiger charge is -2.18. The Labute approximate surface area is 84.1 Å². The van der Waals surface area contributed by atoms with E-state index >= 15 is 0 Å². The monoisotopic (exact) mass is 208 g/mol. The van der Waals surface area contributed by atoms with Gasteiger partial charge in [-0.25, -0.2) is 4.79 Å². The van der Waals surface area contributed by atoms with Crippen LogP contribution in [0, 0.1) is 0 Å². The number of hydrogen-bond acceptors (Lipinski definition) is 3. The van der Waals surface area contributed by atoms with Crippen molar-refractivity contribution < 1.29 is 14.7 Å². The fraction of sp³-hybridized carbons (Fsp3) is 0.222. The first-order chi connectivity index (χ1) is 7.11. The molecule has 0 saturated heterocycles. The first-order valence-corrected chi connectivity index (χ1v) is 4.36. The van der Waals surface area contributed by atoms with Crippen LogP contribution in [0.2, 0.25) is 0 Å². The molecule has 1 aromatic heterocycles. The van der Waals surface area contributed by atoms with E-state index in [-0.39, 0.29) is 17.2 Å². The van der Waals surface area contributed by atoms with Crippen LogP contribution in [0.25, 0.3) is 0 Å². The second kappa shape index (κ2) is 3.23. The van der Waals surface area contributed by atoms with Gasteiger partial charge in [0.15, 0.2) is 0 Å². The third-order valence-electron chi connectivity index (χ3n) is 2.26. The minimum absolute atomic E-state index is 0.205. The van der Waals surface area contributed by atoms with E-state index in [1.165, 1.54) is 10.6 Å². The van der Waals surface area contributed by atoms with Crippen LogP contribution < -0.4 is 10.9 Å². The lowest BCUT2D eigenvalue weighted by atomic mass is 10.2. The highest BCUT2D eigenvalue weighted by Gasteiger charge is 2.20. The van der Waals surface area contributed by atoms with Crippen molar-refractivity contribution in [3.63, 3.8) is 0 Å². The number of hydrogen-bond donors (Lipinski definition) is 2. The molecule has 0 aliphatic carbocycles. The molecule has 2 N–H and O–H groups in total. The molecule has 0 fully saturated rings. The van der Waals surface area contributed by atoms with Crippen molar-refractivity contribution in [1.82, 2.24) is 9.88 Å². The normalized spacial score (nSPS) is 14.3. The molecule has 1 aliphatic heterocycles. The van der Waals surface area contributed by atoms with Crippen LogP contribution in [0.15, 0.2) is 16.9 Å². The average Bonchev–Trinajstić information content (AvgIpc) is 2.19. The molecule has 1 aromatic rings. The summed E-state index contributed by atoms with van der Waals surface area (Å²) in [5, 5.41) is 11.3. The van der Waals surface area contributed by atoms with Gasteiger partial charge in [0, 0.05) is 13.1 Å².